The van der Waals surface area contributed by atoms with Gasteiger partial charge in [-0.1, -0.05) is 12.1 Å². The molecule has 2 aromatic rings. The molecule has 0 saturated heterocycles. The van der Waals surface area contributed by atoms with E-state index in [9.17, 15) is 4.79 Å². The molecule has 6 nitrogen and oxygen atoms in total. The average molecular weight is 340 g/mol. The third kappa shape index (κ3) is 2.61. The van der Waals surface area contributed by atoms with Gasteiger partial charge in [0.05, 0.1) is 29.3 Å². The number of likely N-dealkylation sites (N-methyl/N-ethyl adjacent to an activating group) is 1. The lowest BCUT2D eigenvalue weighted by Crippen LogP contribution is -2.44. The number of carbonyl (C=O) groups excluding carboxylic acids is 1. The van der Waals surface area contributed by atoms with E-state index in [0.717, 1.165) is 35.7 Å². The summed E-state index contributed by atoms with van der Waals surface area (Å²) in [6.45, 7) is 8.62. The first-order valence-electron chi connectivity index (χ1n) is 8.98. The van der Waals surface area contributed by atoms with E-state index in [2.05, 4.69) is 28.1 Å². The second-order valence-electron chi connectivity index (χ2n) is 6.78. The summed E-state index contributed by atoms with van der Waals surface area (Å²) in [6, 6.07) is 8.10. The molecule has 25 heavy (non-hydrogen) atoms. The Balaban J connectivity index is 1.71. The summed E-state index contributed by atoms with van der Waals surface area (Å²) in [5.41, 5.74) is 4.55. The van der Waals surface area contributed by atoms with Crippen LogP contribution in [0.3, 0.4) is 0 Å². The van der Waals surface area contributed by atoms with E-state index in [4.69, 9.17) is 4.74 Å². The molecule has 1 N–H and O–H groups in total. The number of nitrogens with zero attached hydrogens (tertiary/aromatic N) is 3. The van der Waals surface area contributed by atoms with Crippen LogP contribution in [-0.4, -0.2) is 41.8 Å². The number of amides is 1. The third-order valence-electron chi connectivity index (χ3n) is 5.17. The molecule has 0 radical (unpaired) electrons. The molecule has 132 valence electrons. The van der Waals surface area contributed by atoms with Gasteiger partial charge in [-0.25, -0.2) is 0 Å². The van der Waals surface area contributed by atoms with Gasteiger partial charge in [-0.3, -0.25) is 9.89 Å². The molecule has 2 aliphatic rings. The van der Waals surface area contributed by atoms with Crippen LogP contribution in [0.1, 0.15) is 48.6 Å². The maximum atomic E-state index is 13.3. The van der Waals surface area contributed by atoms with Crippen molar-refractivity contribution in [2.75, 3.05) is 29.4 Å². The Hall–Kier alpha value is -2.34. The van der Waals surface area contributed by atoms with E-state index in [1.807, 2.05) is 36.9 Å². The predicted molar refractivity (Wildman–Crippen MR) is 97.3 cm³/mol. The molecule has 1 aromatic carbocycles. The third-order valence-corrected chi connectivity index (χ3v) is 5.17. The Morgan fingerprint density at radius 3 is 2.80 bits per heavy atom. The fraction of sp³-hybridized carbons (Fsp3) is 0.474. The van der Waals surface area contributed by atoms with Crippen LogP contribution >= 0.6 is 0 Å². The maximum Gasteiger partial charge on any atom is 0.279 e. The predicted octanol–water partition coefficient (Wildman–Crippen LogP) is 2.92. The Bertz CT molecular complexity index is 800. The Morgan fingerprint density at radius 1 is 1.28 bits per heavy atom. The first kappa shape index (κ1) is 16.1. The summed E-state index contributed by atoms with van der Waals surface area (Å²) in [5, 5.41) is 7.39. The minimum Gasteiger partial charge on any atom is -0.369 e. The quantitative estimate of drug-likeness (QED) is 0.913. The molecule has 1 aromatic heterocycles. The van der Waals surface area contributed by atoms with Crippen molar-refractivity contribution in [1.82, 2.24) is 10.2 Å². The molecular weight excluding hydrogens is 316 g/mol. The molecule has 0 bridgehead atoms. The van der Waals surface area contributed by atoms with E-state index < -0.39 is 0 Å². The number of H-pyrrole nitrogens is 1. The summed E-state index contributed by atoms with van der Waals surface area (Å²) >= 11 is 0. The molecule has 0 fully saturated rings. The number of hydrogen-bond donors (Lipinski definition) is 1. The fourth-order valence-electron chi connectivity index (χ4n) is 3.94. The topological polar surface area (TPSA) is 61.5 Å². The molecule has 0 spiro atoms. The van der Waals surface area contributed by atoms with Crippen LogP contribution in [0.4, 0.5) is 11.4 Å². The van der Waals surface area contributed by atoms with Crippen LogP contribution in [0.2, 0.25) is 0 Å². The molecule has 2 atom stereocenters. The van der Waals surface area contributed by atoms with Gasteiger partial charge in [-0.05, 0) is 32.9 Å². The van der Waals surface area contributed by atoms with E-state index in [-0.39, 0.29) is 18.1 Å². The van der Waals surface area contributed by atoms with Crippen LogP contribution in [0.5, 0.6) is 0 Å². The number of fused-ring (bicyclic) bond motifs is 2. The van der Waals surface area contributed by atoms with Gasteiger partial charge >= 0.3 is 0 Å². The number of aromatic nitrogens is 2. The lowest BCUT2D eigenvalue weighted by atomic mass is 9.99. The number of benzene rings is 1. The average Bonchev–Trinajstić information content (AvgIpc) is 3.04. The highest BCUT2D eigenvalue weighted by Crippen LogP contribution is 2.35. The van der Waals surface area contributed by atoms with Crippen molar-refractivity contribution < 1.29 is 9.53 Å². The second kappa shape index (κ2) is 6.19. The molecule has 6 heteroatoms. The smallest absolute Gasteiger partial charge is 0.279 e. The van der Waals surface area contributed by atoms with Crippen molar-refractivity contribution in [3.63, 3.8) is 0 Å². The van der Waals surface area contributed by atoms with Crippen LogP contribution in [-0.2, 0) is 11.2 Å². The highest BCUT2D eigenvalue weighted by molar-refractivity contribution is 6.08. The number of para-hydroxylation sites is 2. The van der Waals surface area contributed by atoms with Crippen molar-refractivity contribution in [3.05, 3.63) is 41.2 Å². The van der Waals surface area contributed by atoms with Crippen LogP contribution in [0.25, 0.3) is 0 Å². The lowest BCUT2D eigenvalue weighted by Gasteiger charge is -2.37. The number of carbonyl (C=O) groups is 1. The highest BCUT2D eigenvalue weighted by Gasteiger charge is 2.33. The zero-order valence-electron chi connectivity index (χ0n) is 15.0. The Labute approximate surface area is 147 Å². The zero-order valence-corrected chi connectivity index (χ0v) is 15.0. The van der Waals surface area contributed by atoms with Crippen molar-refractivity contribution in [2.24, 2.45) is 0 Å². The minimum atomic E-state index is -0.0583. The van der Waals surface area contributed by atoms with Crippen LogP contribution < -0.4 is 9.80 Å². The highest BCUT2D eigenvalue weighted by atomic mass is 16.5. The van der Waals surface area contributed by atoms with Crippen molar-refractivity contribution in [1.29, 1.82) is 0 Å². The van der Waals surface area contributed by atoms with E-state index in [0.29, 0.717) is 18.7 Å². The molecule has 2 aliphatic heterocycles. The van der Waals surface area contributed by atoms with Gasteiger partial charge < -0.3 is 14.5 Å². The van der Waals surface area contributed by atoms with Gasteiger partial charge in [0, 0.05) is 31.6 Å². The molecule has 0 aliphatic carbocycles. The van der Waals surface area contributed by atoms with Gasteiger partial charge in [-0.15, -0.1) is 0 Å². The van der Waals surface area contributed by atoms with Crippen molar-refractivity contribution >= 4 is 17.3 Å². The summed E-state index contributed by atoms with van der Waals surface area (Å²) in [7, 11) is 0. The molecule has 4 rings (SSSR count). The van der Waals surface area contributed by atoms with Gasteiger partial charge in [0.2, 0.25) is 0 Å². The monoisotopic (exact) mass is 340 g/mol. The molecule has 3 heterocycles. The normalized spacial score (nSPS) is 22.5. The molecule has 0 saturated carbocycles. The molecule has 0 unspecified atom stereocenters. The van der Waals surface area contributed by atoms with E-state index in [1.54, 1.807) is 0 Å². The first-order valence-corrected chi connectivity index (χ1v) is 8.98. The maximum absolute atomic E-state index is 13.3. The standard InChI is InChI=1S/C19H24N4O2/c1-4-22-9-10-23(16-8-6-5-7-15(16)22)19(24)18-14-11-12(2)25-13(3)17(14)20-21-18/h5-8,12-13H,4,9-11H2,1-3H3,(H,20,21)/t12-,13+/m0/s1. The number of hydrogen-bond acceptors (Lipinski definition) is 4. The number of ether oxygens (including phenoxy) is 1. The summed E-state index contributed by atoms with van der Waals surface area (Å²) in [6.07, 6.45) is 0.751. The summed E-state index contributed by atoms with van der Waals surface area (Å²) in [4.78, 5) is 17.5. The zero-order chi connectivity index (χ0) is 17.6. The van der Waals surface area contributed by atoms with Crippen LogP contribution in [0, 0.1) is 0 Å². The molecule has 1 amide bonds. The van der Waals surface area contributed by atoms with Crippen molar-refractivity contribution in [3.8, 4) is 0 Å². The summed E-state index contributed by atoms with van der Waals surface area (Å²) in [5.74, 6) is -0.0259. The fourth-order valence-corrected chi connectivity index (χ4v) is 3.94. The number of anilines is 2. The van der Waals surface area contributed by atoms with Crippen molar-refractivity contribution in [2.45, 2.75) is 39.4 Å². The van der Waals surface area contributed by atoms with E-state index in [1.165, 1.54) is 0 Å². The largest absolute Gasteiger partial charge is 0.369 e. The Morgan fingerprint density at radius 2 is 2.04 bits per heavy atom. The first-order chi connectivity index (χ1) is 12.1. The second-order valence-corrected chi connectivity index (χ2v) is 6.78. The van der Waals surface area contributed by atoms with Gasteiger partial charge in [0.15, 0.2) is 5.69 Å². The van der Waals surface area contributed by atoms with Gasteiger partial charge in [0.1, 0.15) is 0 Å². The summed E-state index contributed by atoms with van der Waals surface area (Å²) < 4.78 is 5.83. The number of rotatable bonds is 2. The van der Waals surface area contributed by atoms with Crippen LogP contribution in [0.15, 0.2) is 24.3 Å². The molecular formula is C19H24N4O2. The van der Waals surface area contributed by atoms with Gasteiger partial charge in [-0.2, -0.15) is 5.10 Å². The number of aromatic amines is 1. The number of nitrogens with one attached hydrogen (secondary N) is 1. The van der Waals surface area contributed by atoms with Gasteiger partial charge in [0.25, 0.3) is 5.91 Å². The van der Waals surface area contributed by atoms with E-state index >= 15 is 0 Å². The minimum absolute atomic E-state index is 0.0259. The SMILES string of the molecule is CCN1CCN(C(=O)c2n[nH]c3c2C[C@H](C)O[C@@H]3C)c2ccccc21. The lowest BCUT2D eigenvalue weighted by molar-refractivity contribution is -0.00696. The Kier molecular flexibility index (Phi) is 4.00.